The molecule has 2 aromatic carbocycles. The average Bonchev–Trinajstić information content (AvgIpc) is 3.04. The van der Waals surface area contributed by atoms with Gasteiger partial charge in [-0.2, -0.15) is 0 Å². The van der Waals surface area contributed by atoms with E-state index in [1.807, 2.05) is 30.3 Å². The summed E-state index contributed by atoms with van der Waals surface area (Å²) in [7, 11) is 0. The molecule has 0 bridgehead atoms. The lowest BCUT2D eigenvalue weighted by molar-refractivity contribution is -0.145. The van der Waals surface area contributed by atoms with Crippen molar-refractivity contribution >= 4 is 41.0 Å². The van der Waals surface area contributed by atoms with Crippen molar-refractivity contribution in [3.05, 3.63) is 64.7 Å². The summed E-state index contributed by atoms with van der Waals surface area (Å²) < 4.78 is 15.4. The largest absolute Gasteiger partial charge is 0.461 e. The molecule has 1 fully saturated rings. The van der Waals surface area contributed by atoms with E-state index in [9.17, 15) is 9.59 Å². The van der Waals surface area contributed by atoms with Gasteiger partial charge in [0.05, 0.1) is 6.42 Å². The summed E-state index contributed by atoms with van der Waals surface area (Å²) in [4.78, 5) is 25.8. The monoisotopic (exact) mass is 400 g/mol. The molecular weight excluding hydrogens is 384 g/mol. The van der Waals surface area contributed by atoms with E-state index in [0.717, 1.165) is 27.3 Å². The highest BCUT2D eigenvalue weighted by Gasteiger charge is 2.24. The summed E-state index contributed by atoms with van der Waals surface area (Å²) in [6.45, 7) is 0.400. The molecule has 138 valence electrons. The lowest BCUT2D eigenvalue weighted by Gasteiger charge is -2.10. The normalized spacial score (nSPS) is 18.0. The van der Waals surface area contributed by atoms with Gasteiger partial charge in [0, 0.05) is 34.0 Å². The van der Waals surface area contributed by atoms with Crippen LogP contribution in [0.5, 0.6) is 0 Å². The Kier molecular flexibility index (Phi) is 5.13. The third-order valence-electron chi connectivity index (χ3n) is 4.36. The maximum Gasteiger partial charge on any atom is 0.352 e. The van der Waals surface area contributed by atoms with Crippen LogP contribution in [0.4, 0.5) is 0 Å². The van der Waals surface area contributed by atoms with Crippen LogP contribution < -0.4 is 0 Å². The van der Waals surface area contributed by atoms with E-state index in [1.54, 1.807) is 23.9 Å². The highest BCUT2D eigenvalue weighted by molar-refractivity contribution is 7.98. The highest BCUT2D eigenvalue weighted by atomic mass is 32.2. The first-order chi connectivity index (χ1) is 13.1. The Morgan fingerprint density at radius 3 is 2.89 bits per heavy atom. The van der Waals surface area contributed by atoms with Crippen LogP contribution >= 0.6 is 24.0 Å². The Hall–Kier alpha value is -2.38. The molecular formula is C20H16O5S2. The highest BCUT2D eigenvalue weighted by Crippen LogP contribution is 2.34. The number of thiocarbonyl (C=S) groups is 1. The standard InChI is InChI=1S/C20H16O5S2/c21-18(23-9-14-10-24-20(26)25-14)8-12-5-6-16-17(7-12)27-11-13-3-1-2-4-15(13)19(16)22/h1-7,14H,8-11H2. The zero-order valence-corrected chi connectivity index (χ0v) is 15.9. The van der Waals surface area contributed by atoms with Gasteiger partial charge in [0.2, 0.25) is 0 Å². The Bertz CT molecular complexity index is 924. The van der Waals surface area contributed by atoms with Crippen LogP contribution in [0.25, 0.3) is 0 Å². The van der Waals surface area contributed by atoms with E-state index in [-0.39, 0.29) is 36.1 Å². The number of carbonyl (C=O) groups excluding carboxylic acids is 2. The SMILES string of the molecule is O=C(Cc1ccc2c(c1)SCc1ccccc1C2=O)OCC1COC(=S)O1. The molecule has 2 aromatic rings. The van der Waals surface area contributed by atoms with Crippen molar-refractivity contribution in [1.82, 2.24) is 0 Å². The van der Waals surface area contributed by atoms with Crippen LogP contribution in [0.15, 0.2) is 47.4 Å². The average molecular weight is 400 g/mol. The molecule has 0 aliphatic carbocycles. The fraction of sp³-hybridized carbons (Fsp3) is 0.250. The minimum atomic E-state index is -0.357. The van der Waals surface area contributed by atoms with Gasteiger partial charge in [-0.05, 0) is 23.3 Å². The maximum atomic E-state index is 12.8. The Balaban J connectivity index is 1.43. The predicted octanol–water partition coefficient (Wildman–Crippen LogP) is 3.31. The summed E-state index contributed by atoms with van der Waals surface area (Å²) in [6, 6.07) is 13.1. The molecule has 2 aliphatic heterocycles. The van der Waals surface area contributed by atoms with Crippen LogP contribution in [0, 0.1) is 0 Å². The number of hydrogen-bond donors (Lipinski definition) is 0. The molecule has 1 saturated heterocycles. The summed E-state index contributed by atoms with van der Waals surface area (Å²) in [5.74, 6) is 0.389. The van der Waals surface area contributed by atoms with E-state index < -0.39 is 0 Å². The summed E-state index contributed by atoms with van der Waals surface area (Å²) in [6.07, 6.45) is -0.215. The number of esters is 1. The number of carbonyl (C=O) groups is 2. The van der Waals surface area contributed by atoms with Crippen molar-refractivity contribution in [2.24, 2.45) is 0 Å². The molecule has 2 aliphatic rings. The number of ether oxygens (including phenoxy) is 3. The molecule has 4 rings (SSSR count). The number of thioether (sulfide) groups is 1. The molecule has 0 spiro atoms. The Morgan fingerprint density at radius 2 is 2.07 bits per heavy atom. The quantitative estimate of drug-likeness (QED) is 0.576. The number of benzene rings is 2. The zero-order valence-electron chi connectivity index (χ0n) is 14.3. The van der Waals surface area contributed by atoms with Gasteiger partial charge >= 0.3 is 11.2 Å². The molecule has 0 amide bonds. The van der Waals surface area contributed by atoms with Crippen molar-refractivity contribution in [1.29, 1.82) is 0 Å². The van der Waals surface area contributed by atoms with E-state index >= 15 is 0 Å². The summed E-state index contributed by atoms with van der Waals surface area (Å²) in [5.41, 5.74) is 3.25. The lowest BCUT2D eigenvalue weighted by Crippen LogP contribution is -2.21. The first-order valence-corrected chi connectivity index (χ1v) is 9.87. The van der Waals surface area contributed by atoms with E-state index in [2.05, 4.69) is 0 Å². The second-order valence-electron chi connectivity index (χ2n) is 6.27. The van der Waals surface area contributed by atoms with Crippen molar-refractivity contribution in [3.8, 4) is 0 Å². The molecule has 5 nitrogen and oxygen atoms in total. The first kappa shape index (κ1) is 18.0. The topological polar surface area (TPSA) is 61.8 Å². The van der Waals surface area contributed by atoms with Gasteiger partial charge in [-0.1, -0.05) is 30.3 Å². The van der Waals surface area contributed by atoms with Crippen molar-refractivity contribution < 1.29 is 23.8 Å². The summed E-state index contributed by atoms with van der Waals surface area (Å²) in [5, 5.41) is 0.0875. The molecule has 1 atom stereocenters. The van der Waals surface area contributed by atoms with E-state index in [0.29, 0.717) is 12.2 Å². The van der Waals surface area contributed by atoms with Gasteiger partial charge in [0.15, 0.2) is 11.9 Å². The minimum absolute atomic E-state index is 0.0223. The minimum Gasteiger partial charge on any atom is -0.461 e. The fourth-order valence-electron chi connectivity index (χ4n) is 3.00. The van der Waals surface area contributed by atoms with Gasteiger partial charge in [-0.15, -0.1) is 11.8 Å². The number of rotatable bonds is 4. The first-order valence-electron chi connectivity index (χ1n) is 8.47. The van der Waals surface area contributed by atoms with E-state index in [1.165, 1.54) is 0 Å². The lowest BCUT2D eigenvalue weighted by atomic mass is 9.98. The van der Waals surface area contributed by atoms with Gasteiger partial charge in [-0.25, -0.2) is 0 Å². The molecule has 0 radical (unpaired) electrons. The third kappa shape index (κ3) is 3.99. The number of ketones is 1. The zero-order chi connectivity index (χ0) is 18.8. The molecule has 0 aromatic heterocycles. The Morgan fingerprint density at radius 1 is 1.22 bits per heavy atom. The molecule has 27 heavy (non-hydrogen) atoms. The summed E-state index contributed by atoms with van der Waals surface area (Å²) >= 11 is 6.38. The van der Waals surface area contributed by atoms with Crippen molar-refractivity contribution in [3.63, 3.8) is 0 Å². The van der Waals surface area contributed by atoms with Crippen molar-refractivity contribution in [2.45, 2.75) is 23.2 Å². The van der Waals surface area contributed by atoms with Crippen LogP contribution in [0.3, 0.4) is 0 Å². The maximum absolute atomic E-state index is 12.8. The molecule has 7 heteroatoms. The van der Waals surface area contributed by atoms with E-state index in [4.69, 9.17) is 26.4 Å². The van der Waals surface area contributed by atoms with Crippen molar-refractivity contribution in [2.75, 3.05) is 13.2 Å². The molecule has 1 unspecified atom stereocenters. The van der Waals surface area contributed by atoms with Crippen LogP contribution in [-0.4, -0.2) is 36.3 Å². The van der Waals surface area contributed by atoms with Crippen LogP contribution in [0.2, 0.25) is 0 Å². The smallest absolute Gasteiger partial charge is 0.352 e. The number of hydrogen-bond acceptors (Lipinski definition) is 7. The molecule has 0 N–H and O–H groups in total. The van der Waals surface area contributed by atoms with Gasteiger partial charge < -0.3 is 14.2 Å². The second-order valence-corrected chi connectivity index (χ2v) is 7.62. The van der Waals surface area contributed by atoms with Crippen LogP contribution in [0.1, 0.15) is 27.0 Å². The Labute approximate surface area is 166 Å². The molecule has 0 saturated carbocycles. The molecule has 2 heterocycles. The second kappa shape index (κ2) is 7.70. The van der Waals surface area contributed by atoms with Gasteiger partial charge in [0.1, 0.15) is 13.2 Å². The van der Waals surface area contributed by atoms with Gasteiger partial charge in [0.25, 0.3) is 0 Å². The number of fused-ring (bicyclic) bond motifs is 2. The predicted molar refractivity (Wildman–Crippen MR) is 104 cm³/mol. The van der Waals surface area contributed by atoms with Crippen LogP contribution in [-0.2, 0) is 31.2 Å². The fourth-order valence-corrected chi connectivity index (χ4v) is 4.32. The third-order valence-corrected chi connectivity index (χ3v) is 5.68. The van der Waals surface area contributed by atoms with Gasteiger partial charge in [-0.3, -0.25) is 9.59 Å².